The van der Waals surface area contributed by atoms with Gasteiger partial charge in [0, 0.05) is 18.9 Å². The largest absolute Gasteiger partial charge is 0.361 e. The van der Waals surface area contributed by atoms with Crippen molar-refractivity contribution < 1.29 is 0 Å². The van der Waals surface area contributed by atoms with Crippen LogP contribution in [0.4, 0.5) is 5.82 Å². The first-order valence-electron chi connectivity index (χ1n) is 8.76. The van der Waals surface area contributed by atoms with E-state index < -0.39 is 0 Å². The van der Waals surface area contributed by atoms with Crippen molar-refractivity contribution in [3.8, 4) is 0 Å². The summed E-state index contributed by atoms with van der Waals surface area (Å²) in [6.07, 6.45) is 7.09. The molecular weight excluding hydrogens is 304 g/mol. The molecule has 0 saturated heterocycles. The van der Waals surface area contributed by atoms with E-state index in [1.54, 1.807) is 0 Å². The predicted octanol–water partition coefficient (Wildman–Crippen LogP) is 1.93. The highest BCUT2D eigenvalue weighted by molar-refractivity contribution is 5.44. The highest BCUT2D eigenvalue weighted by Crippen LogP contribution is 2.38. The van der Waals surface area contributed by atoms with Gasteiger partial charge >= 0.3 is 0 Å². The zero-order valence-electron chi connectivity index (χ0n) is 13.5. The fourth-order valence-electron chi connectivity index (χ4n) is 3.34. The van der Waals surface area contributed by atoms with Gasteiger partial charge < -0.3 is 9.88 Å². The number of nitrogens with zero attached hydrogens (tertiary/aromatic N) is 7. The van der Waals surface area contributed by atoms with E-state index >= 15 is 0 Å². The Morgan fingerprint density at radius 3 is 2.92 bits per heavy atom. The van der Waals surface area contributed by atoms with E-state index in [1.807, 2.05) is 16.6 Å². The van der Waals surface area contributed by atoms with E-state index in [0.717, 1.165) is 41.9 Å². The smallest absolute Gasteiger partial charge is 0.178 e. The highest BCUT2D eigenvalue weighted by Gasteiger charge is 2.29. The third kappa shape index (κ3) is 2.42. The Labute approximate surface area is 139 Å². The summed E-state index contributed by atoms with van der Waals surface area (Å²) in [5.41, 5.74) is 0.804. The maximum atomic E-state index is 4.65. The fraction of sp³-hybridized carbons (Fsp3) is 0.562. The molecule has 2 aliphatic rings. The zero-order chi connectivity index (χ0) is 15.9. The quantitative estimate of drug-likeness (QED) is 0.789. The van der Waals surface area contributed by atoms with Gasteiger partial charge in [-0.25, -0.2) is 0 Å². The summed E-state index contributed by atoms with van der Waals surface area (Å²) in [6.45, 7) is 1.65. The molecule has 0 spiro atoms. The third-order valence-electron chi connectivity index (χ3n) is 4.84. The molecule has 1 aliphatic heterocycles. The van der Waals surface area contributed by atoms with Crippen molar-refractivity contribution in [2.45, 2.75) is 57.5 Å². The number of hydrogen-bond donors (Lipinski definition) is 1. The normalized spacial score (nSPS) is 17.7. The topological polar surface area (TPSA) is 85.8 Å². The van der Waals surface area contributed by atoms with Crippen LogP contribution in [0, 0.1) is 0 Å². The van der Waals surface area contributed by atoms with Crippen LogP contribution >= 0.6 is 0 Å². The molecule has 1 saturated carbocycles. The molecule has 5 rings (SSSR count). The molecule has 4 heterocycles. The van der Waals surface area contributed by atoms with Gasteiger partial charge in [0.2, 0.25) is 0 Å². The molecule has 0 aromatic carbocycles. The van der Waals surface area contributed by atoms with E-state index in [2.05, 4.69) is 35.4 Å². The van der Waals surface area contributed by atoms with Crippen LogP contribution in [0.25, 0.3) is 5.65 Å². The molecule has 3 aromatic rings. The van der Waals surface area contributed by atoms with E-state index in [9.17, 15) is 0 Å². The SMILES string of the molecule is c1cc2nnc(C3CC3)n2nc1NCc1nnc2n1CCCCC2. The summed E-state index contributed by atoms with van der Waals surface area (Å²) in [5.74, 6) is 4.41. The average Bonchev–Trinajstić information content (AvgIpc) is 3.32. The maximum absolute atomic E-state index is 4.65. The van der Waals surface area contributed by atoms with Crippen molar-refractivity contribution in [2.75, 3.05) is 5.32 Å². The number of rotatable bonds is 4. The van der Waals surface area contributed by atoms with Crippen LogP contribution in [0.2, 0.25) is 0 Å². The van der Waals surface area contributed by atoms with Crippen LogP contribution in [-0.2, 0) is 19.5 Å². The molecule has 8 heteroatoms. The van der Waals surface area contributed by atoms with E-state index in [1.165, 1.54) is 32.1 Å². The van der Waals surface area contributed by atoms with E-state index in [4.69, 9.17) is 0 Å². The maximum Gasteiger partial charge on any atom is 0.178 e. The molecule has 0 atom stereocenters. The van der Waals surface area contributed by atoms with Gasteiger partial charge in [0.05, 0.1) is 6.54 Å². The van der Waals surface area contributed by atoms with Gasteiger partial charge in [-0.2, -0.15) is 4.52 Å². The van der Waals surface area contributed by atoms with Crippen LogP contribution in [0.3, 0.4) is 0 Å². The van der Waals surface area contributed by atoms with Crippen LogP contribution in [0.5, 0.6) is 0 Å². The van der Waals surface area contributed by atoms with Crippen LogP contribution in [0.1, 0.15) is 55.5 Å². The minimum absolute atomic E-state index is 0.523. The van der Waals surface area contributed by atoms with Gasteiger partial charge in [-0.1, -0.05) is 6.42 Å². The first-order chi connectivity index (χ1) is 11.9. The Kier molecular flexibility index (Phi) is 3.20. The molecule has 0 bridgehead atoms. The molecule has 1 aliphatic carbocycles. The van der Waals surface area contributed by atoms with E-state index in [0.29, 0.717) is 12.5 Å². The minimum Gasteiger partial charge on any atom is -0.361 e. The number of anilines is 1. The first kappa shape index (κ1) is 13.9. The number of aryl methyl sites for hydroxylation is 1. The lowest BCUT2D eigenvalue weighted by molar-refractivity contribution is 0.609. The Bertz CT molecular complexity index is 875. The van der Waals surface area contributed by atoms with Gasteiger partial charge in [-0.3, -0.25) is 0 Å². The molecule has 0 radical (unpaired) electrons. The fourth-order valence-corrected chi connectivity index (χ4v) is 3.34. The van der Waals surface area contributed by atoms with Crippen molar-refractivity contribution in [3.63, 3.8) is 0 Å². The number of nitrogens with one attached hydrogen (secondary N) is 1. The Morgan fingerprint density at radius 1 is 1.04 bits per heavy atom. The summed E-state index contributed by atoms with van der Waals surface area (Å²) in [5, 5.41) is 25.2. The van der Waals surface area contributed by atoms with Crippen molar-refractivity contribution >= 4 is 11.5 Å². The van der Waals surface area contributed by atoms with Crippen LogP contribution in [-0.4, -0.2) is 34.6 Å². The second-order valence-corrected chi connectivity index (χ2v) is 6.67. The Balaban J connectivity index is 1.37. The molecule has 0 amide bonds. The summed E-state index contributed by atoms with van der Waals surface area (Å²) in [4.78, 5) is 0. The predicted molar refractivity (Wildman–Crippen MR) is 87.7 cm³/mol. The zero-order valence-corrected chi connectivity index (χ0v) is 13.5. The molecule has 1 N–H and O–H groups in total. The van der Waals surface area contributed by atoms with Gasteiger partial charge in [-0.05, 0) is 37.8 Å². The van der Waals surface area contributed by atoms with Gasteiger partial charge in [0.25, 0.3) is 0 Å². The van der Waals surface area contributed by atoms with Gasteiger partial charge in [-0.15, -0.1) is 25.5 Å². The van der Waals surface area contributed by atoms with E-state index in [-0.39, 0.29) is 0 Å². The molecule has 8 nitrogen and oxygen atoms in total. The standard InChI is InChI=1S/C16H20N8/c1-2-4-13-18-20-15(23(13)9-3-1)10-17-12-7-8-14-19-21-16(11-5-6-11)24(14)22-12/h7-8,11H,1-6,9-10H2,(H,17,22). The van der Waals surface area contributed by atoms with Gasteiger partial charge in [0.15, 0.2) is 17.3 Å². The van der Waals surface area contributed by atoms with Gasteiger partial charge in [0.1, 0.15) is 11.6 Å². The third-order valence-corrected chi connectivity index (χ3v) is 4.84. The van der Waals surface area contributed by atoms with Crippen molar-refractivity contribution in [1.82, 2.24) is 34.6 Å². The number of aromatic nitrogens is 7. The number of fused-ring (bicyclic) bond motifs is 2. The molecule has 1 fully saturated rings. The van der Waals surface area contributed by atoms with Crippen LogP contribution in [0.15, 0.2) is 12.1 Å². The van der Waals surface area contributed by atoms with Crippen molar-refractivity contribution in [3.05, 3.63) is 29.6 Å². The highest BCUT2D eigenvalue weighted by atomic mass is 15.4. The molecule has 124 valence electrons. The number of hydrogen-bond acceptors (Lipinski definition) is 6. The Hall–Kier alpha value is -2.51. The second-order valence-electron chi connectivity index (χ2n) is 6.67. The molecule has 24 heavy (non-hydrogen) atoms. The lowest BCUT2D eigenvalue weighted by Gasteiger charge is -2.08. The first-order valence-corrected chi connectivity index (χ1v) is 8.76. The molecule has 3 aromatic heterocycles. The molecule has 0 unspecified atom stereocenters. The lowest BCUT2D eigenvalue weighted by Crippen LogP contribution is -2.11. The van der Waals surface area contributed by atoms with Crippen molar-refractivity contribution in [2.24, 2.45) is 0 Å². The van der Waals surface area contributed by atoms with Crippen LogP contribution < -0.4 is 5.32 Å². The Morgan fingerprint density at radius 2 is 2.00 bits per heavy atom. The summed E-state index contributed by atoms with van der Waals surface area (Å²) in [6, 6.07) is 3.90. The van der Waals surface area contributed by atoms with Crippen molar-refractivity contribution in [1.29, 1.82) is 0 Å². The monoisotopic (exact) mass is 324 g/mol. The lowest BCUT2D eigenvalue weighted by atomic mass is 10.2. The summed E-state index contributed by atoms with van der Waals surface area (Å²) in [7, 11) is 0. The summed E-state index contributed by atoms with van der Waals surface area (Å²) < 4.78 is 4.12. The summed E-state index contributed by atoms with van der Waals surface area (Å²) >= 11 is 0. The molecular formula is C16H20N8. The second kappa shape index (κ2) is 5.54. The minimum atomic E-state index is 0.523. The average molecular weight is 324 g/mol.